The Morgan fingerprint density at radius 2 is 2.27 bits per heavy atom. The van der Waals surface area contributed by atoms with E-state index in [4.69, 9.17) is 4.74 Å². The number of carbonyl (C=O) groups excluding carboxylic acids is 1. The molecule has 0 unspecified atom stereocenters. The van der Waals surface area contributed by atoms with Gasteiger partial charge in [0.25, 0.3) is 5.91 Å². The van der Waals surface area contributed by atoms with Crippen LogP contribution in [0, 0.1) is 0 Å². The highest BCUT2D eigenvalue weighted by Gasteiger charge is 2.36. The zero-order chi connectivity index (χ0) is 15.5. The topological polar surface area (TPSA) is 65.9 Å². The Morgan fingerprint density at radius 1 is 1.41 bits per heavy atom. The van der Waals surface area contributed by atoms with Gasteiger partial charge in [0.05, 0.1) is 31.0 Å². The number of fused-ring (bicyclic) bond motifs is 1. The number of aromatic nitrogens is 1. The maximum Gasteiger partial charge on any atom is 0.255 e. The molecule has 6 heteroatoms. The SMILES string of the molecule is CCC[C@H]1COC[C@H]2CN(C(=O)c3cncc(O)c3)CCN12. The normalized spacial score (nSPS) is 25.8. The molecule has 1 amide bonds. The van der Waals surface area contributed by atoms with E-state index in [-0.39, 0.29) is 17.7 Å². The van der Waals surface area contributed by atoms with E-state index in [0.717, 1.165) is 26.0 Å². The summed E-state index contributed by atoms with van der Waals surface area (Å²) in [6, 6.07) is 2.22. The van der Waals surface area contributed by atoms with E-state index in [1.54, 1.807) is 0 Å². The monoisotopic (exact) mass is 305 g/mol. The molecule has 1 aromatic rings. The molecule has 2 atom stereocenters. The predicted octanol–water partition coefficient (Wildman–Crippen LogP) is 1.11. The van der Waals surface area contributed by atoms with Crippen LogP contribution >= 0.6 is 0 Å². The molecule has 0 aromatic carbocycles. The Balaban J connectivity index is 1.68. The van der Waals surface area contributed by atoms with Gasteiger partial charge in [0.2, 0.25) is 0 Å². The molecule has 0 bridgehead atoms. The largest absolute Gasteiger partial charge is 0.506 e. The van der Waals surface area contributed by atoms with Gasteiger partial charge in [0.15, 0.2) is 0 Å². The second-order valence-electron chi connectivity index (χ2n) is 6.05. The zero-order valence-electron chi connectivity index (χ0n) is 12.9. The number of morpholine rings is 1. The summed E-state index contributed by atoms with van der Waals surface area (Å²) in [6.45, 7) is 5.95. The van der Waals surface area contributed by atoms with Gasteiger partial charge >= 0.3 is 0 Å². The lowest BCUT2D eigenvalue weighted by molar-refractivity contribution is -0.0776. The molecule has 2 aliphatic rings. The molecule has 1 aromatic heterocycles. The molecule has 2 saturated heterocycles. The van der Waals surface area contributed by atoms with Crippen LogP contribution in [0.1, 0.15) is 30.1 Å². The number of piperazine rings is 1. The molecular weight excluding hydrogens is 282 g/mol. The van der Waals surface area contributed by atoms with Crippen LogP contribution in [0.2, 0.25) is 0 Å². The van der Waals surface area contributed by atoms with Crippen molar-refractivity contribution < 1.29 is 14.6 Å². The van der Waals surface area contributed by atoms with E-state index in [9.17, 15) is 9.90 Å². The molecule has 3 rings (SSSR count). The maximum absolute atomic E-state index is 12.5. The van der Waals surface area contributed by atoms with Crippen LogP contribution in [0.5, 0.6) is 5.75 Å². The molecule has 2 fully saturated rings. The second kappa shape index (κ2) is 6.62. The van der Waals surface area contributed by atoms with Crippen molar-refractivity contribution in [3.63, 3.8) is 0 Å². The van der Waals surface area contributed by atoms with Gasteiger partial charge in [-0.25, -0.2) is 0 Å². The van der Waals surface area contributed by atoms with Crippen LogP contribution in [0.25, 0.3) is 0 Å². The van der Waals surface area contributed by atoms with Gasteiger partial charge in [-0.15, -0.1) is 0 Å². The first-order valence-corrected chi connectivity index (χ1v) is 7.95. The molecule has 0 aliphatic carbocycles. The number of nitrogens with zero attached hydrogens (tertiary/aromatic N) is 3. The van der Waals surface area contributed by atoms with Crippen molar-refractivity contribution in [1.82, 2.24) is 14.8 Å². The van der Waals surface area contributed by atoms with Crippen molar-refractivity contribution in [2.45, 2.75) is 31.8 Å². The summed E-state index contributed by atoms with van der Waals surface area (Å²) in [5.74, 6) is -0.0471. The number of amides is 1. The van der Waals surface area contributed by atoms with Gasteiger partial charge in [0.1, 0.15) is 5.75 Å². The molecule has 2 aliphatic heterocycles. The van der Waals surface area contributed by atoms with Crippen molar-refractivity contribution in [2.75, 3.05) is 32.8 Å². The van der Waals surface area contributed by atoms with E-state index < -0.39 is 0 Å². The summed E-state index contributed by atoms with van der Waals surface area (Å²) >= 11 is 0. The summed E-state index contributed by atoms with van der Waals surface area (Å²) in [7, 11) is 0. The average Bonchev–Trinajstić information content (AvgIpc) is 2.54. The van der Waals surface area contributed by atoms with Gasteiger partial charge in [-0.3, -0.25) is 14.7 Å². The van der Waals surface area contributed by atoms with E-state index in [1.807, 2.05) is 4.90 Å². The first kappa shape index (κ1) is 15.2. The highest BCUT2D eigenvalue weighted by molar-refractivity contribution is 5.94. The Bertz CT molecular complexity index is 535. The number of ether oxygens (including phenoxy) is 1. The van der Waals surface area contributed by atoms with Crippen molar-refractivity contribution >= 4 is 5.91 Å². The van der Waals surface area contributed by atoms with E-state index in [0.29, 0.717) is 31.3 Å². The van der Waals surface area contributed by atoms with Crippen molar-refractivity contribution in [2.24, 2.45) is 0 Å². The minimum Gasteiger partial charge on any atom is -0.506 e. The predicted molar refractivity (Wildman–Crippen MR) is 81.8 cm³/mol. The van der Waals surface area contributed by atoms with Crippen LogP contribution in [0.15, 0.2) is 18.5 Å². The Kier molecular flexibility index (Phi) is 4.59. The average molecular weight is 305 g/mol. The standard InChI is InChI=1S/C16H23N3O3/c1-2-3-13-10-22-11-14-9-18(4-5-19(13)14)16(21)12-6-15(20)8-17-7-12/h6-8,13-14,20H,2-5,9-11H2,1H3/t13-,14+/m0/s1. The third kappa shape index (κ3) is 3.08. The van der Waals surface area contributed by atoms with Gasteiger partial charge in [-0.1, -0.05) is 13.3 Å². The Morgan fingerprint density at radius 3 is 3.05 bits per heavy atom. The van der Waals surface area contributed by atoms with Crippen LogP contribution < -0.4 is 0 Å². The number of pyridine rings is 1. The second-order valence-corrected chi connectivity index (χ2v) is 6.05. The van der Waals surface area contributed by atoms with Crippen molar-refractivity contribution in [3.8, 4) is 5.75 Å². The summed E-state index contributed by atoms with van der Waals surface area (Å²) in [5, 5.41) is 9.48. The summed E-state index contributed by atoms with van der Waals surface area (Å²) in [6.07, 6.45) is 5.13. The van der Waals surface area contributed by atoms with Gasteiger partial charge in [-0.05, 0) is 12.5 Å². The summed E-state index contributed by atoms with van der Waals surface area (Å²) < 4.78 is 5.73. The number of aromatic hydroxyl groups is 1. The lowest BCUT2D eigenvalue weighted by Crippen LogP contribution is -2.62. The molecule has 0 saturated carbocycles. The number of carbonyl (C=O) groups is 1. The molecular formula is C16H23N3O3. The Labute approximate surface area is 130 Å². The molecule has 0 spiro atoms. The molecule has 6 nitrogen and oxygen atoms in total. The molecule has 22 heavy (non-hydrogen) atoms. The number of rotatable bonds is 3. The number of hydrogen-bond acceptors (Lipinski definition) is 5. The van der Waals surface area contributed by atoms with Crippen LogP contribution in [0.4, 0.5) is 0 Å². The van der Waals surface area contributed by atoms with Crippen molar-refractivity contribution in [3.05, 3.63) is 24.0 Å². The summed E-state index contributed by atoms with van der Waals surface area (Å²) in [5.41, 5.74) is 0.440. The van der Waals surface area contributed by atoms with Gasteiger partial charge in [0, 0.05) is 31.9 Å². The van der Waals surface area contributed by atoms with Crippen LogP contribution in [0.3, 0.4) is 0 Å². The van der Waals surface area contributed by atoms with Crippen LogP contribution in [-0.2, 0) is 4.74 Å². The van der Waals surface area contributed by atoms with E-state index in [2.05, 4.69) is 16.8 Å². The fourth-order valence-electron chi connectivity index (χ4n) is 3.43. The lowest BCUT2D eigenvalue weighted by Gasteiger charge is -2.48. The maximum atomic E-state index is 12.5. The highest BCUT2D eigenvalue weighted by Crippen LogP contribution is 2.22. The fourth-order valence-corrected chi connectivity index (χ4v) is 3.43. The minimum absolute atomic E-state index is 0.0218. The van der Waals surface area contributed by atoms with Crippen LogP contribution in [-0.4, -0.2) is 70.7 Å². The first-order chi connectivity index (χ1) is 10.7. The van der Waals surface area contributed by atoms with Gasteiger partial charge < -0.3 is 14.7 Å². The quantitative estimate of drug-likeness (QED) is 0.906. The lowest BCUT2D eigenvalue weighted by atomic mass is 10.0. The molecule has 120 valence electrons. The fraction of sp³-hybridized carbons (Fsp3) is 0.625. The smallest absolute Gasteiger partial charge is 0.255 e. The van der Waals surface area contributed by atoms with E-state index >= 15 is 0 Å². The first-order valence-electron chi connectivity index (χ1n) is 7.95. The zero-order valence-corrected chi connectivity index (χ0v) is 12.9. The third-order valence-electron chi connectivity index (χ3n) is 4.50. The number of hydrogen-bond donors (Lipinski definition) is 1. The minimum atomic E-state index is -0.0688. The summed E-state index contributed by atoms with van der Waals surface area (Å²) in [4.78, 5) is 20.8. The highest BCUT2D eigenvalue weighted by atomic mass is 16.5. The Hall–Kier alpha value is -1.66. The molecule has 3 heterocycles. The third-order valence-corrected chi connectivity index (χ3v) is 4.50. The van der Waals surface area contributed by atoms with E-state index in [1.165, 1.54) is 18.5 Å². The van der Waals surface area contributed by atoms with Crippen molar-refractivity contribution in [1.29, 1.82) is 0 Å². The van der Waals surface area contributed by atoms with Gasteiger partial charge in [-0.2, -0.15) is 0 Å². The molecule has 1 N–H and O–H groups in total. The molecule has 0 radical (unpaired) electrons.